The van der Waals surface area contributed by atoms with E-state index in [1.165, 1.54) is 13.0 Å². The first-order valence-electron chi connectivity index (χ1n) is 8.41. The first kappa shape index (κ1) is 19.9. The highest BCUT2D eigenvalue weighted by molar-refractivity contribution is 5.73. The third-order valence-corrected chi connectivity index (χ3v) is 4.43. The average molecular weight is 394 g/mol. The van der Waals surface area contributed by atoms with Crippen LogP contribution in [0.2, 0.25) is 0 Å². The summed E-state index contributed by atoms with van der Waals surface area (Å²) in [5.74, 6) is -0.304. The van der Waals surface area contributed by atoms with Crippen molar-refractivity contribution < 1.29 is 28.1 Å². The number of hydrogen-bond acceptors (Lipinski definition) is 7. The summed E-state index contributed by atoms with van der Waals surface area (Å²) < 4.78 is 44.1. The van der Waals surface area contributed by atoms with Crippen LogP contribution >= 0.6 is 0 Å². The van der Waals surface area contributed by atoms with Crippen LogP contribution in [0.5, 0.6) is 5.75 Å². The zero-order valence-electron chi connectivity index (χ0n) is 14.9. The van der Waals surface area contributed by atoms with Gasteiger partial charge in [-0.2, -0.15) is 18.4 Å². The van der Waals surface area contributed by atoms with Crippen LogP contribution in [0.1, 0.15) is 16.7 Å². The maximum absolute atomic E-state index is 12.9. The van der Waals surface area contributed by atoms with Gasteiger partial charge in [-0.3, -0.25) is 0 Å². The topological polar surface area (TPSA) is 102 Å². The summed E-state index contributed by atoms with van der Waals surface area (Å²) in [6, 6.07) is 4.91. The summed E-state index contributed by atoms with van der Waals surface area (Å²) in [5, 5.41) is 36.9. The number of alkyl halides is 3. The van der Waals surface area contributed by atoms with Gasteiger partial charge in [0.05, 0.1) is 36.1 Å². The number of aromatic nitrogens is 2. The number of hydrogen-bond donors (Lipinski definition) is 2. The molecule has 2 N–H and O–H groups in total. The van der Waals surface area contributed by atoms with E-state index < -0.39 is 23.6 Å². The molecule has 0 aliphatic carbocycles. The van der Waals surface area contributed by atoms with E-state index in [0.717, 1.165) is 6.07 Å². The summed E-state index contributed by atoms with van der Waals surface area (Å²) in [5.41, 5.74) is -0.485. The van der Waals surface area contributed by atoms with Gasteiger partial charge in [0.2, 0.25) is 0 Å². The van der Waals surface area contributed by atoms with Crippen molar-refractivity contribution in [2.24, 2.45) is 0 Å². The standard InChI is InChI=1S/C18H17F3N4O3/c1-10-4-12(18(19,20)21)6-15(27)16(10)14-5-11(7-22)17(24-23-14)25-2-3-28-13(8-25)9-26/h4-6,13,26-27H,2-3,8-9H2,1H3/t13-/m0/s1. The first-order valence-corrected chi connectivity index (χ1v) is 8.41. The van der Waals surface area contributed by atoms with Gasteiger partial charge in [0.25, 0.3) is 0 Å². The van der Waals surface area contributed by atoms with E-state index in [9.17, 15) is 28.6 Å². The minimum absolute atomic E-state index is 0.0822. The van der Waals surface area contributed by atoms with Crippen LogP contribution in [0.25, 0.3) is 11.3 Å². The lowest BCUT2D eigenvalue weighted by Gasteiger charge is -2.32. The van der Waals surface area contributed by atoms with Crippen LogP contribution in [0, 0.1) is 18.3 Å². The molecule has 28 heavy (non-hydrogen) atoms. The number of benzene rings is 1. The Morgan fingerprint density at radius 1 is 1.32 bits per heavy atom. The van der Waals surface area contributed by atoms with E-state index in [0.29, 0.717) is 25.8 Å². The lowest BCUT2D eigenvalue weighted by atomic mass is 10.00. The fourth-order valence-electron chi connectivity index (χ4n) is 3.11. The molecular weight excluding hydrogens is 377 g/mol. The average Bonchev–Trinajstić information content (AvgIpc) is 2.66. The maximum atomic E-state index is 12.9. The van der Waals surface area contributed by atoms with Crippen molar-refractivity contribution in [3.63, 3.8) is 0 Å². The number of aliphatic hydroxyl groups is 1. The van der Waals surface area contributed by atoms with Gasteiger partial charge in [-0.25, -0.2) is 0 Å². The fourth-order valence-corrected chi connectivity index (χ4v) is 3.11. The van der Waals surface area contributed by atoms with Gasteiger partial charge in [-0.1, -0.05) is 0 Å². The van der Waals surface area contributed by atoms with Gasteiger partial charge in [-0.15, -0.1) is 10.2 Å². The Morgan fingerprint density at radius 2 is 2.07 bits per heavy atom. The number of rotatable bonds is 3. The van der Waals surface area contributed by atoms with Gasteiger partial charge in [0.15, 0.2) is 5.82 Å². The molecular formula is C18H17F3N4O3. The molecule has 0 radical (unpaired) electrons. The van der Waals surface area contributed by atoms with Crippen molar-refractivity contribution >= 4 is 5.82 Å². The van der Waals surface area contributed by atoms with E-state index in [1.807, 2.05) is 6.07 Å². The molecule has 7 nitrogen and oxygen atoms in total. The van der Waals surface area contributed by atoms with Crippen LogP contribution in [0.4, 0.5) is 19.0 Å². The second-order valence-corrected chi connectivity index (χ2v) is 6.39. The second kappa shape index (κ2) is 7.61. The smallest absolute Gasteiger partial charge is 0.416 e. The number of phenolic OH excluding ortho intramolecular Hbond substituents is 1. The second-order valence-electron chi connectivity index (χ2n) is 6.39. The monoisotopic (exact) mass is 394 g/mol. The normalized spacial score (nSPS) is 17.4. The minimum atomic E-state index is -4.59. The lowest BCUT2D eigenvalue weighted by molar-refractivity contribution is -0.137. The van der Waals surface area contributed by atoms with Crippen molar-refractivity contribution in [1.82, 2.24) is 10.2 Å². The molecule has 1 atom stereocenters. The third kappa shape index (κ3) is 3.85. The van der Waals surface area contributed by atoms with Crippen LogP contribution in [-0.2, 0) is 10.9 Å². The van der Waals surface area contributed by atoms with Crippen molar-refractivity contribution in [2.45, 2.75) is 19.2 Å². The maximum Gasteiger partial charge on any atom is 0.416 e. The Kier molecular flexibility index (Phi) is 5.40. The van der Waals surface area contributed by atoms with Crippen LogP contribution in [-0.4, -0.2) is 52.8 Å². The van der Waals surface area contributed by atoms with Gasteiger partial charge in [-0.05, 0) is 30.7 Å². The molecule has 0 bridgehead atoms. The molecule has 1 aliphatic rings. The number of aliphatic hydroxyl groups excluding tert-OH is 1. The molecule has 3 rings (SSSR count). The highest BCUT2D eigenvalue weighted by Gasteiger charge is 2.32. The Bertz CT molecular complexity index is 904. The summed E-state index contributed by atoms with van der Waals surface area (Å²) >= 11 is 0. The molecule has 2 heterocycles. The van der Waals surface area contributed by atoms with Gasteiger partial charge >= 0.3 is 6.18 Å². The quantitative estimate of drug-likeness (QED) is 0.823. The number of nitriles is 1. The molecule has 1 aliphatic heterocycles. The summed E-state index contributed by atoms with van der Waals surface area (Å²) in [7, 11) is 0. The number of anilines is 1. The number of ether oxygens (including phenoxy) is 1. The molecule has 2 aromatic rings. The number of phenols is 1. The molecule has 1 fully saturated rings. The Morgan fingerprint density at radius 3 is 2.68 bits per heavy atom. The van der Waals surface area contributed by atoms with E-state index in [-0.39, 0.29) is 34.8 Å². The van der Waals surface area contributed by atoms with Crippen LogP contribution < -0.4 is 4.90 Å². The van der Waals surface area contributed by atoms with Crippen LogP contribution in [0.3, 0.4) is 0 Å². The molecule has 1 saturated heterocycles. The van der Waals surface area contributed by atoms with E-state index >= 15 is 0 Å². The molecule has 1 aromatic heterocycles. The number of aryl methyl sites for hydroxylation is 1. The zero-order valence-corrected chi connectivity index (χ0v) is 14.9. The molecule has 0 saturated carbocycles. The van der Waals surface area contributed by atoms with E-state index in [4.69, 9.17) is 4.74 Å². The molecule has 1 aromatic carbocycles. The van der Waals surface area contributed by atoms with Crippen molar-refractivity contribution in [3.05, 3.63) is 34.9 Å². The fraction of sp³-hybridized carbons (Fsp3) is 0.389. The van der Waals surface area contributed by atoms with Crippen LogP contribution in [0.15, 0.2) is 18.2 Å². The number of aromatic hydroxyl groups is 1. The lowest BCUT2D eigenvalue weighted by Crippen LogP contribution is -2.44. The predicted molar refractivity (Wildman–Crippen MR) is 92.6 cm³/mol. The highest BCUT2D eigenvalue weighted by Crippen LogP contribution is 2.39. The zero-order chi connectivity index (χ0) is 20.5. The largest absolute Gasteiger partial charge is 0.507 e. The van der Waals surface area contributed by atoms with Gasteiger partial charge in [0.1, 0.15) is 11.8 Å². The number of halogens is 3. The summed E-state index contributed by atoms with van der Waals surface area (Å²) in [4.78, 5) is 1.75. The summed E-state index contributed by atoms with van der Waals surface area (Å²) in [6.45, 7) is 2.36. The van der Waals surface area contributed by atoms with Crippen molar-refractivity contribution in [1.29, 1.82) is 5.26 Å². The first-order chi connectivity index (χ1) is 13.2. The number of morpholine rings is 1. The van der Waals surface area contributed by atoms with E-state index in [1.54, 1.807) is 4.90 Å². The highest BCUT2D eigenvalue weighted by atomic mass is 19.4. The third-order valence-electron chi connectivity index (χ3n) is 4.43. The SMILES string of the molecule is Cc1cc(C(F)(F)F)cc(O)c1-c1cc(C#N)c(N2CCO[C@H](CO)C2)nn1. The molecule has 148 valence electrons. The Hall–Kier alpha value is -2.90. The minimum Gasteiger partial charge on any atom is -0.507 e. The van der Waals surface area contributed by atoms with Crippen molar-refractivity contribution in [3.8, 4) is 23.1 Å². The predicted octanol–water partition coefficient (Wildman–Crippen LogP) is 2.25. The van der Waals surface area contributed by atoms with Gasteiger partial charge in [0, 0.05) is 18.7 Å². The Labute approximate surface area is 158 Å². The molecule has 10 heteroatoms. The molecule has 0 spiro atoms. The van der Waals surface area contributed by atoms with Crippen molar-refractivity contribution in [2.75, 3.05) is 31.2 Å². The number of nitrogens with zero attached hydrogens (tertiary/aromatic N) is 4. The molecule has 0 amide bonds. The Balaban J connectivity index is 2.00. The van der Waals surface area contributed by atoms with E-state index in [2.05, 4.69) is 10.2 Å². The molecule has 0 unspecified atom stereocenters. The summed E-state index contributed by atoms with van der Waals surface area (Å²) in [6.07, 6.45) is -5.00. The van der Waals surface area contributed by atoms with Gasteiger partial charge < -0.3 is 19.8 Å².